The second-order valence-electron chi connectivity index (χ2n) is 10.2. The van der Waals surface area contributed by atoms with Crippen LogP contribution in [0.1, 0.15) is 25.0 Å². The minimum absolute atomic E-state index is 0.0671. The zero-order chi connectivity index (χ0) is 31.0. The van der Waals surface area contributed by atoms with E-state index >= 15 is 0 Å². The maximum absolute atomic E-state index is 14.2. The molecular formula is C30H34Cl3N3O5S. The number of hydrogen-bond acceptors (Lipinski definition) is 5. The van der Waals surface area contributed by atoms with Crippen molar-refractivity contribution < 1.29 is 22.7 Å². The predicted octanol–water partition coefficient (Wildman–Crippen LogP) is 5.83. The summed E-state index contributed by atoms with van der Waals surface area (Å²) >= 11 is 18.9. The number of ether oxygens (including phenoxy) is 1. The highest BCUT2D eigenvalue weighted by Gasteiger charge is 2.33. The summed E-state index contributed by atoms with van der Waals surface area (Å²) in [7, 11) is -2.51. The third kappa shape index (κ3) is 9.26. The number of benzene rings is 3. The van der Waals surface area contributed by atoms with Gasteiger partial charge in [0, 0.05) is 29.6 Å². The number of halogens is 3. The van der Waals surface area contributed by atoms with Crippen molar-refractivity contribution in [1.82, 2.24) is 10.2 Å². The van der Waals surface area contributed by atoms with Gasteiger partial charge in [0.25, 0.3) is 0 Å². The van der Waals surface area contributed by atoms with Gasteiger partial charge in [0.2, 0.25) is 21.8 Å². The molecule has 0 aliphatic rings. The SMILES string of the molecule is COc1ccc(N(CC(=O)N(Cc2ccc(Cl)cc2Cl)[C@@H](Cc2ccccc2)C(=O)NCC(C)C)S(C)(=O)=O)cc1Cl. The average Bonchev–Trinajstić information content (AvgIpc) is 2.93. The van der Waals surface area contributed by atoms with Gasteiger partial charge >= 0.3 is 0 Å². The molecule has 0 saturated carbocycles. The van der Waals surface area contributed by atoms with E-state index in [1.54, 1.807) is 18.2 Å². The Morgan fingerprint density at radius 2 is 1.64 bits per heavy atom. The molecule has 0 heterocycles. The van der Waals surface area contributed by atoms with Gasteiger partial charge in [-0.1, -0.05) is 85.0 Å². The predicted molar refractivity (Wildman–Crippen MR) is 169 cm³/mol. The first-order chi connectivity index (χ1) is 19.8. The van der Waals surface area contributed by atoms with E-state index in [0.717, 1.165) is 16.1 Å². The molecule has 3 rings (SSSR count). The number of sulfonamides is 1. The van der Waals surface area contributed by atoms with Gasteiger partial charge < -0.3 is 15.0 Å². The van der Waals surface area contributed by atoms with Crippen LogP contribution in [0.2, 0.25) is 15.1 Å². The Labute approximate surface area is 262 Å². The van der Waals surface area contributed by atoms with Crippen LogP contribution in [0.25, 0.3) is 0 Å². The molecule has 2 amide bonds. The van der Waals surface area contributed by atoms with Crippen molar-refractivity contribution in [3.63, 3.8) is 0 Å². The smallest absolute Gasteiger partial charge is 0.244 e. The first-order valence-corrected chi connectivity index (χ1v) is 16.1. The van der Waals surface area contributed by atoms with E-state index < -0.39 is 28.5 Å². The van der Waals surface area contributed by atoms with Gasteiger partial charge in [0.05, 0.1) is 24.1 Å². The lowest BCUT2D eigenvalue weighted by Gasteiger charge is -2.34. The number of amides is 2. The number of anilines is 1. The second kappa shape index (κ2) is 15.0. The maximum atomic E-state index is 14.2. The van der Waals surface area contributed by atoms with Crippen LogP contribution in [0.4, 0.5) is 5.69 Å². The molecule has 226 valence electrons. The Morgan fingerprint density at radius 3 is 2.21 bits per heavy atom. The molecule has 0 fully saturated rings. The summed E-state index contributed by atoms with van der Waals surface area (Å²) in [6.45, 7) is 3.67. The maximum Gasteiger partial charge on any atom is 0.244 e. The zero-order valence-electron chi connectivity index (χ0n) is 23.8. The number of carbonyl (C=O) groups excluding carboxylic acids is 2. The Morgan fingerprint density at radius 1 is 0.952 bits per heavy atom. The quantitative estimate of drug-likeness (QED) is 0.250. The molecule has 0 unspecified atom stereocenters. The molecule has 0 aliphatic heterocycles. The Bertz CT molecular complexity index is 1500. The van der Waals surface area contributed by atoms with E-state index in [1.807, 2.05) is 44.2 Å². The van der Waals surface area contributed by atoms with Gasteiger partial charge in [-0.05, 0) is 47.4 Å². The molecule has 0 aromatic heterocycles. The van der Waals surface area contributed by atoms with Crippen LogP contribution in [0.3, 0.4) is 0 Å². The summed E-state index contributed by atoms with van der Waals surface area (Å²) in [5, 5.41) is 3.83. The lowest BCUT2D eigenvalue weighted by molar-refractivity contribution is -0.140. The molecule has 1 atom stereocenters. The van der Waals surface area contributed by atoms with Gasteiger partial charge in [-0.25, -0.2) is 8.42 Å². The van der Waals surface area contributed by atoms with Crippen LogP contribution >= 0.6 is 34.8 Å². The van der Waals surface area contributed by atoms with Crippen molar-refractivity contribution in [1.29, 1.82) is 0 Å². The summed E-state index contributed by atoms with van der Waals surface area (Å²) in [4.78, 5) is 29.2. The number of methoxy groups -OCH3 is 1. The number of nitrogens with one attached hydrogen (secondary N) is 1. The summed E-state index contributed by atoms with van der Waals surface area (Å²) in [6, 6.07) is 17.6. The molecule has 0 aliphatic carbocycles. The molecule has 0 radical (unpaired) electrons. The summed E-state index contributed by atoms with van der Waals surface area (Å²) < 4.78 is 32.0. The van der Waals surface area contributed by atoms with Gasteiger partial charge in [-0.2, -0.15) is 0 Å². The van der Waals surface area contributed by atoms with E-state index in [1.165, 1.54) is 30.2 Å². The molecule has 0 saturated heterocycles. The second-order valence-corrected chi connectivity index (χ2v) is 13.3. The average molecular weight is 655 g/mol. The van der Waals surface area contributed by atoms with Gasteiger partial charge in [-0.15, -0.1) is 0 Å². The molecule has 12 heteroatoms. The van der Waals surface area contributed by atoms with Crippen LogP contribution in [0, 0.1) is 5.92 Å². The molecule has 8 nitrogen and oxygen atoms in total. The fraction of sp³-hybridized carbons (Fsp3) is 0.333. The van der Waals surface area contributed by atoms with E-state index in [0.29, 0.717) is 27.9 Å². The number of rotatable bonds is 13. The molecule has 0 spiro atoms. The topological polar surface area (TPSA) is 96.0 Å². The summed E-state index contributed by atoms with van der Waals surface area (Å²) in [5.74, 6) is -0.464. The highest BCUT2D eigenvalue weighted by molar-refractivity contribution is 7.92. The fourth-order valence-corrected chi connectivity index (χ4v) is 5.80. The van der Waals surface area contributed by atoms with Crippen LogP contribution in [-0.2, 0) is 32.6 Å². The van der Waals surface area contributed by atoms with Gasteiger partial charge in [0.15, 0.2) is 0 Å². The van der Waals surface area contributed by atoms with Crippen molar-refractivity contribution in [3.05, 3.63) is 92.9 Å². The van der Waals surface area contributed by atoms with Crippen LogP contribution in [0.15, 0.2) is 66.7 Å². The summed E-state index contributed by atoms with van der Waals surface area (Å²) in [5.41, 5.74) is 1.54. The molecule has 42 heavy (non-hydrogen) atoms. The van der Waals surface area contributed by atoms with Gasteiger partial charge in [-0.3, -0.25) is 13.9 Å². The number of carbonyl (C=O) groups is 2. The van der Waals surface area contributed by atoms with Crippen molar-refractivity contribution in [2.24, 2.45) is 5.92 Å². The van der Waals surface area contributed by atoms with Crippen molar-refractivity contribution in [3.8, 4) is 5.75 Å². The highest BCUT2D eigenvalue weighted by Crippen LogP contribution is 2.31. The Kier molecular flexibility index (Phi) is 11.9. The minimum atomic E-state index is -3.95. The molecule has 3 aromatic carbocycles. The normalized spacial score (nSPS) is 12.1. The highest BCUT2D eigenvalue weighted by atomic mass is 35.5. The molecule has 3 aromatic rings. The number of hydrogen-bond donors (Lipinski definition) is 1. The lowest BCUT2D eigenvalue weighted by atomic mass is 10.0. The van der Waals surface area contributed by atoms with E-state index in [-0.39, 0.29) is 35.5 Å². The van der Waals surface area contributed by atoms with E-state index in [9.17, 15) is 18.0 Å². The standard InChI is InChI=1S/C30H34Cl3N3O5S/c1-20(2)17-34-30(38)27(14-21-8-6-5-7-9-21)35(18-22-10-11-23(31)15-25(22)32)29(37)19-36(42(4,39)40)24-12-13-28(41-3)26(33)16-24/h5-13,15-16,20,27H,14,17-19H2,1-4H3,(H,34,38)/t27-/m0/s1. The monoisotopic (exact) mass is 653 g/mol. The number of nitrogens with zero attached hydrogens (tertiary/aromatic N) is 2. The third-order valence-corrected chi connectivity index (χ3v) is 8.44. The largest absolute Gasteiger partial charge is 0.495 e. The van der Waals surface area contributed by atoms with E-state index in [4.69, 9.17) is 39.5 Å². The van der Waals surface area contributed by atoms with Crippen molar-refractivity contribution in [2.45, 2.75) is 32.9 Å². The van der Waals surface area contributed by atoms with Crippen LogP contribution in [-0.4, -0.2) is 57.6 Å². The fourth-order valence-electron chi connectivity index (χ4n) is 4.23. The molecule has 1 N–H and O–H groups in total. The Hall–Kier alpha value is -2.98. The van der Waals surface area contributed by atoms with Crippen LogP contribution in [0.5, 0.6) is 5.75 Å². The first-order valence-electron chi connectivity index (χ1n) is 13.2. The zero-order valence-corrected chi connectivity index (χ0v) is 26.9. The molecule has 0 bridgehead atoms. The van der Waals surface area contributed by atoms with E-state index in [2.05, 4.69) is 5.32 Å². The van der Waals surface area contributed by atoms with Crippen molar-refractivity contribution >= 4 is 62.3 Å². The summed E-state index contributed by atoms with van der Waals surface area (Å²) in [6.07, 6.45) is 1.19. The third-order valence-electron chi connectivity index (χ3n) is 6.41. The molecular weight excluding hydrogens is 621 g/mol. The lowest BCUT2D eigenvalue weighted by Crippen LogP contribution is -2.53. The van der Waals surface area contributed by atoms with Gasteiger partial charge in [0.1, 0.15) is 18.3 Å². The first kappa shape index (κ1) is 33.5. The Balaban J connectivity index is 2.09. The minimum Gasteiger partial charge on any atom is -0.495 e. The van der Waals surface area contributed by atoms with Crippen molar-refractivity contribution in [2.75, 3.05) is 30.8 Å². The van der Waals surface area contributed by atoms with Crippen LogP contribution < -0.4 is 14.4 Å².